The van der Waals surface area contributed by atoms with Gasteiger partial charge in [0.1, 0.15) is 0 Å². The number of benzene rings is 2. The molecule has 6 nitrogen and oxygen atoms in total. The molecule has 1 fully saturated rings. The van der Waals surface area contributed by atoms with Gasteiger partial charge in [-0.1, -0.05) is 23.7 Å². The minimum atomic E-state index is -0.255. The fourth-order valence-corrected chi connectivity index (χ4v) is 3.56. The van der Waals surface area contributed by atoms with Crippen molar-refractivity contribution in [2.75, 3.05) is 18.2 Å². The number of carbonyl (C=O) groups is 2. The predicted molar refractivity (Wildman–Crippen MR) is 101 cm³/mol. The summed E-state index contributed by atoms with van der Waals surface area (Å²) in [6.07, 6.45) is 2.55. The fraction of sp³-hybridized carbons (Fsp3) is 0.300. The van der Waals surface area contributed by atoms with Crippen LogP contribution in [0.25, 0.3) is 0 Å². The number of piperidine rings is 1. The molecule has 0 spiro atoms. The Labute approximate surface area is 162 Å². The van der Waals surface area contributed by atoms with Gasteiger partial charge in [0.25, 0.3) is 5.91 Å². The Balaban J connectivity index is 1.44. The average molecular weight is 387 g/mol. The average Bonchev–Trinajstić information content (AvgIpc) is 3.16. The lowest BCUT2D eigenvalue weighted by Gasteiger charge is -2.27. The van der Waals surface area contributed by atoms with Crippen LogP contribution in [0.4, 0.5) is 5.69 Å². The Morgan fingerprint density at radius 1 is 1.19 bits per heavy atom. The van der Waals surface area contributed by atoms with E-state index in [1.807, 2.05) is 29.2 Å². The first-order valence-electron chi connectivity index (χ1n) is 8.88. The summed E-state index contributed by atoms with van der Waals surface area (Å²) in [7, 11) is 0. The van der Waals surface area contributed by atoms with E-state index in [2.05, 4.69) is 5.32 Å². The molecule has 2 aromatic carbocycles. The normalized spacial score (nSPS) is 15.7. The van der Waals surface area contributed by atoms with Crippen LogP contribution in [0.1, 0.15) is 35.2 Å². The summed E-state index contributed by atoms with van der Waals surface area (Å²) in [6.45, 7) is 1.19. The molecule has 1 N–H and O–H groups in total. The number of nitrogens with one attached hydrogen (secondary N) is 1. The van der Waals surface area contributed by atoms with Crippen LogP contribution in [0.2, 0.25) is 5.02 Å². The van der Waals surface area contributed by atoms with Gasteiger partial charge in [0, 0.05) is 30.8 Å². The van der Waals surface area contributed by atoms with Gasteiger partial charge in [-0.15, -0.1) is 0 Å². The summed E-state index contributed by atoms with van der Waals surface area (Å²) in [5.41, 5.74) is 2.20. The highest BCUT2D eigenvalue weighted by Gasteiger charge is 2.21. The van der Waals surface area contributed by atoms with Crippen molar-refractivity contribution in [3.8, 4) is 11.5 Å². The van der Waals surface area contributed by atoms with E-state index < -0.39 is 0 Å². The number of ether oxygens (including phenoxy) is 2. The van der Waals surface area contributed by atoms with Gasteiger partial charge in [-0.05, 0) is 42.7 Å². The topological polar surface area (TPSA) is 67.9 Å². The SMILES string of the molecule is O=C(NCc1cccc(N2CCCCC2=O)c1)c1cc(Cl)c2c(c1)OCO2. The maximum absolute atomic E-state index is 12.5. The van der Waals surface area contributed by atoms with Crippen molar-refractivity contribution in [2.24, 2.45) is 0 Å². The molecule has 2 aliphatic heterocycles. The first-order valence-corrected chi connectivity index (χ1v) is 9.26. The van der Waals surface area contributed by atoms with Crippen molar-refractivity contribution >= 4 is 29.1 Å². The lowest BCUT2D eigenvalue weighted by atomic mass is 10.1. The van der Waals surface area contributed by atoms with Crippen molar-refractivity contribution in [1.82, 2.24) is 5.32 Å². The molecule has 4 rings (SSSR count). The number of amides is 2. The molecular formula is C20H19ClN2O4. The van der Waals surface area contributed by atoms with E-state index >= 15 is 0 Å². The maximum Gasteiger partial charge on any atom is 0.251 e. The van der Waals surface area contributed by atoms with Gasteiger partial charge < -0.3 is 19.7 Å². The zero-order valence-electron chi connectivity index (χ0n) is 14.7. The molecule has 2 aliphatic rings. The number of carbonyl (C=O) groups excluding carboxylic acids is 2. The summed E-state index contributed by atoms with van der Waals surface area (Å²) in [5, 5.41) is 3.23. The van der Waals surface area contributed by atoms with Crippen LogP contribution in [-0.4, -0.2) is 25.2 Å². The zero-order valence-corrected chi connectivity index (χ0v) is 15.4. The number of fused-ring (bicyclic) bond motifs is 1. The molecule has 0 aliphatic carbocycles. The highest BCUT2D eigenvalue weighted by molar-refractivity contribution is 6.32. The molecule has 0 bridgehead atoms. The molecule has 0 radical (unpaired) electrons. The summed E-state index contributed by atoms with van der Waals surface area (Å²) in [5.74, 6) is 0.831. The van der Waals surface area contributed by atoms with Crippen molar-refractivity contribution in [3.05, 3.63) is 52.5 Å². The van der Waals surface area contributed by atoms with Gasteiger partial charge in [0.2, 0.25) is 12.7 Å². The first kappa shape index (κ1) is 17.7. The van der Waals surface area contributed by atoms with Crippen LogP contribution in [0.5, 0.6) is 11.5 Å². The number of nitrogens with zero attached hydrogens (tertiary/aromatic N) is 1. The largest absolute Gasteiger partial charge is 0.454 e. The Hall–Kier alpha value is -2.73. The Kier molecular flexibility index (Phi) is 4.90. The third-order valence-electron chi connectivity index (χ3n) is 4.69. The maximum atomic E-state index is 12.5. The van der Waals surface area contributed by atoms with E-state index in [0.717, 1.165) is 30.6 Å². The minimum Gasteiger partial charge on any atom is -0.454 e. The predicted octanol–water partition coefficient (Wildman–Crippen LogP) is 3.52. The Morgan fingerprint density at radius 3 is 2.93 bits per heavy atom. The number of anilines is 1. The second-order valence-corrected chi connectivity index (χ2v) is 6.95. The van der Waals surface area contributed by atoms with Crippen molar-refractivity contribution in [2.45, 2.75) is 25.8 Å². The van der Waals surface area contributed by atoms with Crippen molar-refractivity contribution < 1.29 is 19.1 Å². The van der Waals surface area contributed by atoms with Crippen molar-refractivity contribution in [1.29, 1.82) is 0 Å². The molecule has 2 heterocycles. The van der Waals surface area contributed by atoms with E-state index in [4.69, 9.17) is 21.1 Å². The highest BCUT2D eigenvalue weighted by Crippen LogP contribution is 2.39. The molecule has 1 saturated heterocycles. The highest BCUT2D eigenvalue weighted by atomic mass is 35.5. The van der Waals surface area contributed by atoms with E-state index in [-0.39, 0.29) is 18.6 Å². The summed E-state index contributed by atoms with van der Waals surface area (Å²) >= 11 is 6.13. The number of halogens is 1. The monoisotopic (exact) mass is 386 g/mol. The van der Waals surface area contributed by atoms with Crippen LogP contribution in [0.3, 0.4) is 0 Å². The van der Waals surface area contributed by atoms with Gasteiger partial charge in [-0.3, -0.25) is 9.59 Å². The van der Waals surface area contributed by atoms with E-state index in [0.29, 0.717) is 35.1 Å². The molecule has 2 aromatic rings. The standard InChI is InChI=1S/C20H19ClN2O4/c21-16-9-14(10-17-19(16)27-12-26-17)20(25)22-11-13-4-3-5-15(8-13)23-7-2-1-6-18(23)24/h3-5,8-10H,1-2,6-7,11-12H2,(H,22,25). The molecule has 0 atom stereocenters. The van der Waals surface area contributed by atoms with Crippen LogP contribution in [-0.2, 0) is 11.3 Å². The molecule has 140 valence electrons. The second kappa shape index (κ2) is 7.48. The van der Waals surface area contributed by atoms with Crippen LogP contribution in [0.15, 0.2) is 36.4 Å². The fourth-order valence-electron chi connectivity index (χ4n) is 3.30. The Bertz CT molecular complexity index is 900. The van der Waals surface area contributed by atoms with Gasteiger partial charge in [-0.25, -0.2) is 0 Å². The van der Waals surface area contributed by atoms with Gasteiger partial charge in [-0.2, -0.15) is 0 Å². The van der Waals surface area contributed by atoms with Gasteiger partial charge >= 0.3 is 0 Å². The number of hydrogen-bond donors (Lipinski definition) is 1. The third-order valence-corrected chi connectivity index (χ3v) is 4.97. The van der Waals surface area contributed by atoms with Crippen molar-refractivity contribution in [3.63, 3.8) is 0 Å². The number of rotatable bonds is 4. The molecule has 0 aromatic heterocycles. The third kappa shape index (κ3) is 3.71. The van der Waals surface area contributed by atoms with Gasteiger partial charge in [0.05, 0.1) is 5.02 Å². The molecule has 0 saturated carbocycles. The van der Waals surface area contributed by atoms with E-state index in [1.54, 1.807) is 12.1 Å². The Morgan fingerprint density at radius 2 is 2.07 bits per heavy atom. The van der Waals surface area contributed by atoms with E-state index in [1.165, 1.54) is 0 Å². The lowest BCUT2D eigenvalue weighted by Crippen LogP contribution is -2.35. The molecule has 2 amide bonds. The lowest BCUT2D eigenvalue weighted by molar-refractivity contribution is -0.119. The van der Waals surface area contributed by atoms with Gasteiger partial charge in [0.15, 0.2) is 11.5 Å². The minimum absolute atomic E-state index is 0.0993. The summed E-state index contributed by atoms with van der Waals surface area (Å²) < 4.78 is 10.6. The molecule has 27 heavy (non-hydrogen) atoms. The summed E-state index contributed by atoms with van der Waals surface area (Å²) in [6, 6.07) is 10.9. The zero-order chi connectivity index (χ0) is 18.8. The molecule has 7 heteroatoms. The van der Waals surface area contributed by atoms with E-state index in [9.17, 15) is 9.59 Å². The van der Waals surface area contributed by atoms with Crippen LogP contribution in [0, 0.1) is 0 Å². The van der Waals surface area contributed by atoms with Crippen LogP contribution >= 0.6 is 11.6 Å². The smallest absolute Gasteiger partial charge is 0.251 e. The molecule has 0 unspecified atom stereocenters. The molecular weight excluding hydrogens is 368 g/mol. The summed E-state index contributed by atoms with van der Waals surface area (Å²) in [4.78, 5) is 26.4. The quantitative estimate of drug-likeness (QED) is 0.873. The number of hydrogen-bond acceptors (Lipinski definition) is 4. The first-order chi connectivity index (χ1) is 13.1. The second-order valence-electron chi connectivity index (χ2n) is 6.55. The van der Waals surface area contributed by atoms with Crippen LogP contribution < -0.4 is 19.7 Å².